The van der Waals surface area contributed by atoms with Crippen LogP contribution in [-0.2, 0) is 20.8 Å². The van der Waals surface area contributed by atoms with Crippen molar-refractivity contribution in [1.29, 1.82) is 0 Å². The number of amides is 3. The fraction of sp³-hybridized carbons (Fsp3) is 0.423. The predicted molar refractivity (Wildman–Crippen MR) is 140 cm³/mol. The molecule has 3 amide bonds. The van der Waals surface area contributed by atoms with Gasteiger partial charge in [0.25, 0.3) is 0 Å². The van der Waals surface area contributed by atoms with Crippen LogP contribution in [0.15, 0.2) is 42.5 Å². The van der Waals surface area contributed by atoms with Crippen LogP contribution < -0.4 is 69.8 Å². The number of carbonyl (C=O) groups is 3. The maximum absolute atomic E-state index is 14.3. The molecule has 0 heterocycles. The van der Waals surface area contributed by atoms with Gasteiger partial charge in [-0.25, -0.2) is 8.78 Å². The molecule has 0 aliphatic carbocycles. The summed E-state index contributed by atoms with van der Waals surface area (Å²) >= 11 is 0. The molecule has 2 atom stereocenters. The van der Waals surface area contributed by atoms with Crippen molar-refractivity contribution in [3.05, 3.63) is 59.7 Å². The minimum absolute atomic E-state index is 0. The van der Waals surface area contributed by atoms with Crippen LogP contribution in [-0.4, -0.2) is 67.5 Å². The summed E-state index contributed by atoms with van der Waals surface area (Å²) in [6.07, 6.45) is 0.269. The Hall–Kier alpha value is -2.74. The molecule has 2 aromatic rings. The van der Waals surface area contributed by atoms with Gasteiger partial charge in [-0.2, -0.15) is 0 Å². The number of benzene rings is 2. The first-order valence-corrected chi connectivity index (χ1v) is 12.4. The maximum atomic E-state index is 14.3. The van der Waals surface area contributed by atoms with Gasteiger partial charge in [0.1, 0.15) is 6.04 Å². The quantitative estimate of drug-likeness (QED) is 0.129. The van der Waals surface area contributed by atoms with Crippen molar-refractivity contribution < 1.29 is 65.1 Å². The molecule has 0 aromatic heterocycles. The van der Waals surface area contributed by atoms with Crippen LogP contribution in [0.2, 0.25) is 0 Å². The van der Waals surface area contributed by atoms with Crippen molar-refractivity contribution in [2.24, 2.45) is 17.2 Å². The summed E-state index contributed by atoms with van der Waals surface area (Å²) in [5.41, 5.74) is 17.8. The topological polar surface area (TPSA) is 166 Å². The van der Waals surface area contributed by atoms with Gasteiger partial charge < -0.3 is 74.7 Å². The number of nitrogens with zero attached hydrogens (tertiary/aromatic N) is 1. The van der Waals surface area contributed by atoms with E-state index in [0.717, 1.165) is 17.7 Å². The fourth-order valence-corrected chi connectivity index (χ4v) is 3.73. The number of anilines is 1. The first-order chi connectivity index (χ1) is 18.2. The van der Waals surface area contributed by atoms with E-state index in [-0.39, 0.29) is 88.5 Å². The van der Waals surface area contributed by atoms with Gasteiger partial charge in [-0.05, 0) is 25.3 Å². The highest BCUT2D eigenvalue weighted by Gasteiger charge is 2.27. The summed E-state index contributed by atoms with van der Waals surface area (Å²) in [4.78, 5) is 39.9. The average Bonchev–Trinajstić information content (AvgIpc) is 2.88. The Kier molecular flexibility index (Phi) is 20.7. The number of nitrogens with two attached hydrogens (primary N) is 3. The SMILES string of the molecule is CCOc1c(F)cc(NC(=O)[C@H](CCc2ccccc2)NC(=O)[C@@H](N)CC(=O)N(CCN)CCN)cc1F.[Cl-].[Cl-].[Cl-]. The zero-order chi connectivity index (χ0) is 28.1. The second kappa shape index (κ2) is 21.0. The summed E-state index contributed by atoms with van der Waals surface area (Å²) in [5.74, 6) is -4.33. The first-order valence-electron chi connectivity index (χ1n) is 12.4. The molecule has 10 nitrogen and oxygen atoms in total. The molecule has 0 fully saturated rings. The third-order valence-electron chi connectivity index (χ3n) is 5.63. The lowest BCUT2D eigenvalue weighted by molar-refractivity contribution is -0.134. The van der Waals surface area contributed by atoms with E-state index in [1.54, 1.807) is 6.92 Å². The molecular weight excluding hydrogens is 605 g/mol. The van der Waals surface area contributed by atoms with Crippen LogP contribution in [0.25, 0.3) is 0 Å². The molecule has 0 spiro atoms. The van der Waals surface area contributed by atoms with Crippen molar-refractivity contribution in [3.8, 4) is 5.75 Å². The largest absolute Gasteiger partial charge is 1.00 e. The molecule has 232 valence electrons. The molecule has 0 radical (unpaired) electrons. The van der Waals surface area contributed by atoms with Gasteiger partial charge in [0.05, 0.1) is 19.1 Å². The Morgan fingerprint density at radius 2 is 1.51 bits per heavy atom. The number of hydrogen-bond acceptors (Lipinski definition) is 7. The smallest absolute Gasteiger partial charge is 0.246 e. The van der Waals surface area contributed by atoms with Crippen LogP contribution in [0.3, 0.4) is 0 Å². The summed E-state index contributed by atoms with van der Waals surface area (Å²) < 4.78 is 33.5. The lowest BCUT2D eigenvalue weighted by Gasteiger charge is -2.24. The number of nitrogens with one attached hydrogen (secondary N) is 2. The van der Waals surface area contributed by atoms with Crippen LogP contribution >= 0.6 is 0 Å². The van der Waals surface area contributed by atoms with E-state index in [4.69, 9.17) is 21.9 Å². The van der Waals surface area contributed by atoms with Gasteiger partial charge in [-0.15, -0.1) is 0 Å². The molecule has 0 saturated heterocycles. The molecule has 0 saturated carbocycles. The Bertz CT molecular complexity index is 1060. The average molecular weight is 641 g/mol. The Labute approximate surface area is 257 Å². The third kappa shape index (κ3) is 13.2. The third-order valence-corrected chi connectivity index (χ3v) is 5.63. The Morgan fingerprint density at radius 3 is 2.02 bits per heavy atom. The number of aryl methyl sites for hydroxylation is 1. The van der Waals surface area contributed by atoms with Crippen molar-refractivity contribution in [1.82, 2.24) is 10.2 Å². The van der Waals surface area contributed by atoms with Crippen molar-refractivity contribution in [3.63, 3.8) is 0 Å². The monoisotopic (exact) mass is 639 g/mol. The molecule has 0 aliphatic heterocycles. The molecule has 15 heteroatoms. The number of rotatable bonds is 15. The lowest BCUT2D eigenvalue weighted by atomic mass is 10.0. The highest BCUT2D eigenvalue weighted by molar-refractivity contribution is 5.98. The molecule has 2 rings (SSSR count). The standard InChI is InChI=1S/C26H36F2N6O4.3ClH/c1-2-38-24-19(27)14-18(15-20(24)28)32-26(37)22(9-8-17-6-4-3-5-7-17)33-25(36)21(31)16-23(35)34(12-10-29)13-11-30;;;/h3-7,14-15,21-22H,2,8-13,16,29-31H2,1H3,(H,32,37)(H,33,36);3*1H/p-3/t21-,22-;;;/m0.../s1. The van der Waals surface area contributed by atoms with Crippen LogP contribution in [0.4, 0.5) is 14.5 Å². The summed E-state index contributed by atoms with van der Waals surface area (Å²) in [7, 11) is 0. The summed E-state index contributed by atoms with van der Waals surface area (Å²) in [6, 6.07) is 8.75. The van der Waals surface area contributed by atoms with Gasteiger partial charge in [0.15, 0.2) is 17.4 Å². The molecule has 0 bridgehead atoms. The second-order valence-electron chi connectivity index (χ2n) is 8.55. The van der Waals surface area contributed by atoms with Gasteiger partial charge in [0, 0.05) is 44.0 Å². The summed E-state index contributed by atoms with van der Waals surface area (Å²) in [6.45, 7) is 2.62. The van der Waals surface area contributed by atoms with Crippen LogP contribution in [0, 0.1) is 11.6 Å². The van der Waals surface area contributed by atoms with Gasteiger partial charge in [-0.1, -0.05) is 30.3 Å². The highest BCUT2D eigenvalue weighted by Crippen LogP contribution is 2.26. The van der Waals surface area contributed by atoms with Crippen molar-refractivity contribution in [2.75, 3.05) is 38.1 Å². The second-order valence-corrected chi connectivity index (χ2v) is 8.55. The Balaban J connectivity index is 0. The van der Waals surface area contributed by atoms with E-state index in [1.165, 1.54) is 4.90 Å². The zero-order valence-electron chi connectivity index (χ0n) is 22.6. The molecule has 8 N–H and O–H groups in total. The van der Waals surface area contributed by atoms with Gasteiger partial charge >= 0.3 is 0 Å². The molecular formula is C26H36Cl3F2N6O4-3. The number of carbonyl (C=O) groups excluding carboxylic acids is 3. The van der Waals surface area contributed by atoms with Crippen molar-refractivity contribution >= 4 is 23.4 Å². The summed E-state index contributed by atoms with van der Waals surface area (Å²) in [5, 5.41) is 5.00. The highest BCUT2D eigenvalue weighted by atomic mass is 35.5. The van der Waals surface area contributed by atoms with E-state index in [0.29, 0.717) is 6.42 Å². The van der Waals surface area contributed by atoms with E-state index in [9.17, 15) is 23.2 Å². The van der Waals surface area contributed by atoms with Gasteiger partial charge in [0.2, 0.25) is 17.7 Å². The zero-order valence-corrected chi connectivity index (χ0v) is 24.8. The van der Waals surface area contributed by atoms with Crippen LogP contribution in [0.5, 0.6) is 5.75 Å². The fourth-order valence-electron chi connectivity index (χ4n) is 3.73. The first kappa shape index (κ1) is 40.4. The normalized spacial score (nSPS) is 11.5. The van der Waals surface area contributed by atoms with E-state index < -0.39 is 47.2 Å². The van der Waals surface area contributed by atoms with Crippen molar-refractivity contribution in [2.45, 2.75) is 38.3 Å². The predicted octanol–water partition coefficient (Wildman–Crippen LogP) is -8.11. The minimum atomic E-state index is -1.24. The lowest BCUT2D eigenvalue weighted by Crippen LogP contribution is -3.00. The molecule has 41 heavy (non-hydrogen) atoms. The molecule has 0 aliphatic rings. The van der Waals surface area contributed by atoms with E-state index in [2.05, 4.69) is 10.6 Å². The maximum Gasteiger partial charge on any atom is 0.246 e. The number of halogens is 5. The minimum Gasteiger partial charge on any atom is -1.00 e. The van der Waals surface area contributed by atoms with Gasteiger partial charge in [-0.3, -0.25) is 14.4 Å². The number of hydrogen-bond donors (Lipinski definition) is 5. The van der Waals surface area contributed by atoms with E-state index >= 15 is 0 Å². The molecule has 0 unspecified atom stereocenters. The van der Waals surface area contributed by atoms with Crippen LogP contribution in [0.1, 0.15) is 25.3 Å². The Morgan fingerprint density at radius 1 is 0.951 bits per heavy atom. The van der Waals surface area contributed by atoms with E-state index in [1.807, 2.05) is 30.3 Å². The number of ether oxygens (including phenoxy) is 1. The molecule has 2 aromatic carbocycles.